The van der Waals surface area contributed by atoms with Gasteiger partial charge in [0.15, 0.2) is 0 Å². The number of nitrogens with one attached hydrogen (secondary N) is 1. The maximum atomic E-state index is 13.1. The molecule has 144 valence electrons. The van der Waals surface area contributed by atoms with E-state index in [9.17, 15) is 4.39 Å². The zero-order valence-corrected chi connectivity index (χ0v) is 15.7. The molecule has 2 heterocycles. The Morgan fingerprint density at radius 1 is 1.04 bits per heavy atom. The van der Waals surface area contributed by atoms with Crippen LogP contribution in [0.4, 0.5) is 4.39 Å². The zero-order valence-electron chi connectivity index (χ0n) is 15.7. The summed E-state index contributed by atoms with van der Waals surface area (Å²) in [6, 6.07) is 14.5. The van der Waals surface area contributed by atoms with Crippen LogP contribution in [0, 0.1) is 5.82 Å². The molecule has 3 aromatic rings. The summed E-state index contributed by atoms with van der Waals surface area (Å²) in [5.74, 6) is 1.62. The fraction of sp³-hybridized carbons (Fsp3) is 0.261. The van der Waals surface area contributed by atoms with Crippen molar-refractivity contribution in [2.24, 2.45) is 0 Å². The highest BCUT2D eigenvalue weighted by molar-refractivity contribution is 5.62. The van der Waals surface area contributed by atoms with Gasteiger partial charge in [-0.15, -0.1) is 0 Å². The van der Waals surface area contributed by atoms with Gasteiger partial charge in [-0.25, -0.2) is 4.39 Å². The predicted octanol–water partition coefficient (Wildman–Crippen LogP) is 4.38. The summed E-state index contributed by atoms with van der Waals surface area (Å²) in [5, 5.41) is 3.37. The van der Waals surface area contributed by atoms with Crippen LogP contribution < -0.4 is 14.8 Å². The van der Waals surface area contributed by atoms with Crippen molar-refractivity contribution in [2.75, 3.05) is 19.8 Å². The smallest absolute Gasteiger partial charge is 0.123 e. The number of rotatable bonds is 7. The minimum atomic E-state index is -0.235. The van der Waals surface area contributed by atoms with Gasteiger partial charge >= 0.3 is 0 Å². The van der Waals surface area contributed by atoms with Crippen LogP contribution in [0.3, 0.4) is 0 Å². The van der Waals surface area contributed by atoms with Crippen molar-refractivity contribution in [3.63, 3.8) is 0 Å². The molecule has 0 radical (unpaired) electrons. The monoisotopic (exact) mass is 378 g/mol. The molecule has 0 saturated carbocycles. The molecule has 0 bridgehead atoms. The Hall–Kier alpha value is -2.92. The Bertz CT molecular complexity index is 928. The third kappa shape index (κ3) is 4.67. The SMILES string of the molecule is Fc1ccc(-c2cncc(CNCCOc3ccc4c(c3)CCCO4)c2)cc1. The molecule has 1 aliphatic heterocycles. The third-order valence-electron chi connectivity index (χ3n) is 4.73. The van der Waals surface area contributed by atoms with Gasteiger partial charge in [0.05, 0.1) is 6.61 Å². The molecule has 28 heavy (non-hydrogen) atoms. The van der Waals surface area contributed by atoms with Crippen LogP contribution in [-0.4, -0.2) is 24.7 Å². The van der Waals surface area contributed by atoms with Crippen LogP contribution in [0.15, 0.2) is 60.9 Å². The molecule has 1 aliphatic rings. The first-order valence-electron chi connectivity index (χ1n) is 9.57. The number of halogens is 1. The Morgan fingerprint density at radius 2 is 1.93 bits per heavy atom. The fourth-order valence-corrected chi connectivity index (χ4v) is 3.28. The lowest BCUT2D eigenvalue weighted by atomic mass is 10.1. The molecule has 4 rings (SSSR count). The number of benzene rings is 2. The van der Waals surface area contributed by atoms with E-state index in [1.165, 1.54) is 17.7 Å². The molecule has 4 nitrogen and oxygen atoms in total. The first kappa shape index (κ1) is 18.4. The minimum absolute atomic E-state index is 0.235. The number of hydrogen-bond acceptors (Lipinski definition) is 4. The first-order chi connectivity index (χ1) is 13.8. The molecular weight excluding hydrogens is 355 g/mol. The average Bonchev–Trinajstić information content (AvgIpc) is 2.74. The number of aromatic nitrogens is 1. The van der Waals surface area contributed by atoms with Crippen molar-refractivity contribution in [3.8, 4) is 22.6 Å². The maximum absolute atomic E-state index is 13.1. The Kier molecular flexibility index (Phi) is 5.83. The van der Waals surface area contributed by atoms with Crippen LogP contribution in [-0.2, 0) is 13.0 Å². The Labute approximate surface area is 164 Å². The van der Waals surface area contributed by atoms with Gasteiger partial charge in [-0.2, -0.15) is 0 Å². The molecule has 0 spiro atoms. The van der Waals surface area contributed by atoms with Gasteiger partial charge in [0.1, 0.15) is 23.9 Å². The summed E-state index contributed by atoms with van der Waals surface area (Å²) >= 11 is 0. The Balaban J connectivity index is 1.25. The van der Waals surface area contributed by atoms with Crippen molar-refractivity contribution < 1.29 is 13.9 Å². The van der Waals surface area contributed by atoms with Crippen LogP contribution in [0.5, 0.6) is 11.5 Å². The molecular formula is C23H23FN2O2. The van der Waals surface area contributed by atoms with E-state index >= 15 is 0 Å². The van der Waals surface area contributed by atoms with E-state index < -0.39 is 0 Å². The summed E-state index contributed by atoms with van der Waals surface area (Å²) < 4.78 is 24.6. The minimum Gasteiger partial charge on any atom is -0.493 e. The predicted molar refractivity (Wildman–Crippen MR) is 107 cm³/mol. The molecule has 0 atom stereocenters. The van der Waals surface area contributed by atoms with Crippen molar-refractivity contribution >= 4 is 0 Å². The van der Waals surface area contributed by atoms with Gasteiger partial charge in [0.25, 0.3) is 0 Å². The molecule has 0 saturated heterocycles. The number of fused-ring (bicyclic) bond motifs is 1. The lowest BCUT2D eigenvalue weighted by Crippen LogP contribution is -2.20. The summed E-state index contributed by atoms with van der Waals surface area (Å²) in [6.07, 6.45) is 5.73. The number of aryl methyl sites for hydroxylation is 1. The standard InChI is InChI=1S/C23H23FN2O2/c24-21-5-3-18(4-6-21)20-12-17(15-26-16-20)14-25-9-11-27-22-7-8-23-19(13-22)2-1-10-28-23/h3-8,12-13,15-16,25H,1-2,9-11,14H2. The van der Waals surface area contributed by atoms with Gasteiger partial charge in [0, 0.05) is 31.0 Å². The van der Waals surface area contributed by atoms with Crippen molar-refractivity contribution in [2.45, 2.75) is 19.4 Å². The van der Waals surface area contributed by atoms with E-state index in [0.29, 0.717) is 13.2 Å². The lowest BCUT2D eigenvalue weighted by Gasteiger charge is -2.18. The average molecular weight is 378 g/mol. The number of hydrogen-bond donors (Lipinski definition) is 1. The van der Waals surface area contributed by atoms with E-state index in [0.717, 1.165) is 54.2 Å². The molecule has 0 unspecified atom stereocenters. The molecule has 0 amide bonds. The van der Waals surface area contributed by atoms with E-state index in [2.05, 4.69) is 22.4 Å². The van der Waals surface area contributed by atoms with Gasteiger partial charge < -0.3 is 14.8 Å². The Morgan fingerprint density at radius 3 is 2.82 bits per heavy atom. The molecule has 5 heteroatoms. The largest absolute Gasteiger partial charge is 0.493 e. The zero-order chi connectivity index (χ0) is 19.2. The molecule has 1 aromatic heterocycles. The van der Waals surface area contributed by atoms with Crippen molar-refractivity contribution in [1.29, 1.82) is 0 Å². The highest BCUT2D eigenvalue weighted by Gasteiger charge is 2.10. The fourth-order valence-electron chi connectivity index (χ4n) is 3.28. The quantitative estimate of drug-likeness (QED) is 0.620. The summed E-state index contributed by atoms with van der Waals surface area (Å²) in [5.41, 5.74) is 4.23. The van der Waals surface area contributed by atoms with Crippen molar-refractivity contribution in [1.82, 2.24) is 10.3 Å². The van der Waals surface area contributed by atoms with Crippen LogP contribution in [0.1, 0.15) is 17.5 Å². The molecule has 0 fully saturated rings. The van der Waals surface area contributed by atoms with Crippen LogP contribution in [0.2, 0.25) is 0 Å². The number of pyridine rings is 1. The first-order valence-corrected chi connectivity index (χ1v) is 9.57. The van der Waals surface area contributed by atoms with Gasteiger partial charge in [0.2, 0.25) is 0 Å². The second kappa shape index (κ2) is 8.85. The van der Waals surface area contributed by atoms with E-state index in [-0.39, 0.29) is 5.82 Å². The summed E-state index contributed by atoms with van der Waals surface area (Å²) in [4.78, 5) is 4.29. The van der Waals surface area contributed by atoms with Gasteiger partial charge in [-0.3, -0.25) is 4.98 Å². The molecule has 1 N–H and O–H groups in total. The second-order valence-corrected chi connectivity index (χ2v) is 6.84. The number of ether oxygens (including phenoxy) is 2. The van der Waals surface area contributed by atoms with E-state index in [1.807, 2.05) is 18.3 Å². The normalized spacial score (nSPS) is 12.9. The van der Waals surface area contributed by atoms with E-state index in [4.69, 9.17) is 9.47 Å². The van der Waals surface area contributed by atoms with Gasteiger partial charge in [-0.05, 0) is 65.9 Å². The molecule has 0 aliphatic carbocycles. The van der Waals surface area contributed by atoms with Crippen molar-refractivity contribution in [3.05, 3.63) is 77.9 Å². The summed E-state index contributed by atoms with van der Waals surface area (Å²) in [6.45, 7) is 2.82. The summed E-state index contributed by atoms with van der Waals surface area (Å²) in [7, 11) is 0. The second-order valence-electron chi connectivity index (χ2n) is 6.84. The highest BCUT2D eigenvalue weighted by atomic mass is 19.1. The third-order valence-corrected chi connectivity index (χ3v) is 4.73. The van der Waals surface area contributed by atoms with Crippen LogP contribution in [0.25, 0.3) is 11.1 Å². The lowest BCUT2D eigenvalue weighted by molar-refractivity contribution is 0.284. The highest BCUT2D eigenvalue weighted by Crippen LogP contribution is 2.28. The van der Waals surface area contributed by atoms with Gasteiger partial charge in [-0.1, -0.05) is 12.1 Å². The topological polar surface area (TPSA) is 43.4 Å². The van der Waals surface area contributed by atoms with E-state index in [1.54, 1.807) is 18.3 Å². The number of nitrogens with zero attached hydrogens (tertiary/aromatic N) is 1. The maximum Gasteiger partial charge on any atom is 0.123 e. The van der Waals surface area contributed by atoms with Crippen LogP contribution >= 0.6 is 0 Å². The molecule has 2 aromatic carbocycles.